The molecule has 0 aliphatic heterocycles. The number of hydrogen-bond donors (Lipinski definition) is 3. The van der Waals surface area contributed by atoms with Crippen molar-refractivity contribution < 1.29 is 18.8 Å². The molecule has 3 aromatic carbocycles. The van der Waals surface area contributed by atoms with Crippen LogP contribution >= 0.6 is 11.8 Å². The number of rotatable bonds is 7. The summed E-state index contributed by atoms with van der Waals surface area (Å²) in [4.78, 5) is 35.9. The SMILES string of the molecule is CC(=O)c1ccc(SCC(=O)Nc2cccc(NC(=O)Nc3ccccc3)c2)c(F)c1. The summed E-state index contributed by atoms with van der Waals surface area (Å²) in [6.45, 7) is 1.36. The average molecular weight is 437 g/mol. The Bertz CT molecular complexity index is 1110. The third-order valence-corrected chi connectivity index (χ3v) is 5.18. The van der Waals surface area contributed by atoms with E-state index in [1.54, 1.807) is 36.4 Å². The zero-order valence-electron chi connectivity index (χ0n) is 16.6. The minimum atomic E-state index is -0.541. The fourth-order valence-corrected chi connectivity index (χ4v) is 3.39. The van der Waals surface area contributed by atoms with E-state index in [1.165, 1.54) is 19.1 Å². The van der Waals surface area contributed by atoms with E-state index in [-0.39, 0.29) is 27.9 Å². The Kier molecular flexibility index (Phi) is 7.40. The molecule has 3 rings (SSSR count). The lowest BCUT2D eigenvalue weighted by Crippen LogP contribution is -2.19. The summed E-state index contributed by atoms with van der Waals surface area (Å²) in [6.07, 6.45) is 0. The van der Waals surface area contributed by atoms with Crippen LogP contribution in [0.3, 0.4) is 0 Å². The maximum absolute atomic E-state index is 14.1. The largest absolute Gasteiger partial charge is 0.325 e. The molecule has 158 valence electrons. The van der Waals surface area contributed by atoms with E-state index in [1.807, 2.05) is 18.2 Å². The van der Waals surface area contributed by atoms with E-state index in [0.717, 1.165) is 17.8 Å². The predicted molar refractivity (Wildman–Crippen MR) is 121 cm³/mol. The van der Waals surface area contributed by atoms with Crippen molar-refractivity contribution in [2.45, 2.75) is 11.8 Å². The molecule has 0 unspecified atom stereocenters. The van der Waals surface area contributed by atoms with Crippen molar-refractivity contribution >= 4 is 46.5 Å². The van der Waals surface area contributed by atoms with Crippen molar-refractivity contribution in [3.8, 4) is 0 Å². The van der Waals surface area contributed by atoms with Crippen molar-refractivity contribution in [3.05, 3.63) is 84.2 Å². The van der Waals surface area contributed by atoms with Crippen LogP contribution in [0, 0.1) is 5.82 Å². The summed E-state index contributed by atoms with van der Waals surface area (Å²) in [5.74, 6) is -1.10. The molecule has 0 aliphatic carbocycles. The number of hydrogen-bond acceptors (Lipinski definition) is 4. The number of amides is 3. The Hall–Kier alpha value is -3.65. The van der Waals surface area contributed by atoms with Crippen LogP contribution in [0.4, 0.5) is 26.2 Å². The predicted octanol–water partition coefficient (Wildman–Crippen LogP) is 5.40. The van der Waals surface area contributed by atoms with Gasteiger partial charge in [-0.15, -0.1) is 11.8 Å². The highest BCUT2D eigenvalue weighted by molar-refractivity contribution is 8.00. The van der Waals surface area contributed by atoms with Crippen molar-refractivity contribution in [2.75, 3.05) is 21.7 Å². The van der Waals surface area contributed by atoms with Gasteiger partial charge in [-0.2, -0.15) is 0 Å². The molecule has 31 heavy (non-hydrogen) atoms. The van der Waals surface area contributed by atoms with Crippen LogP contribution in [0.1, 0.15) is 17.3 Å². The number of urea groups is 1. The monoisotopic (exact) mass is 437 g/mol. The van der Waals surface area contributed by atoms with Gasteiger partial charge in [-0.05, 0) is 49.4 Å². The van der Waals surface area contributed by atoms with E-state index in [0.29, 0.717) is 17.1 Å². The maximum Gasteiger partial charge on any atom is 0.323 e. The van der Waals surface area contributed by atoms with Gasteiger partial charge in [0.15, 0.2) is 5.78 Å². The molecule has 0 spiro atoms. The number of thioether (sulfide) groups is 1. The molecular weight excluding hydrogens is 417 g/mol. The smallest absolute Gasteiger partial charge is 0.323 e. The van der Waals surface area contributed by atoms with Gasteiger partial charge in [0.05, 0.1) is 5.75 Å². The van der Waals surface area contributed by atoms with Gasteiger partial charge in [0.1, 0.15) is 5.82 Å². The molecule has 0 aromatic heterocycles. The Morgan fingerprint density at radius 1 is 0.806 bits per heavy atom. The summed E-state index contributed by atoms with van der Waals surface area (Å²) < 4.78 is 14.1. The van der Waals surface area contributed by atoms with Gasteiger partial charge >= 0.3 is 6.03 Å². The van der Waals surface area contributed by atoms with Crippen LogP contribution in [-0.4, -0.2) is 23.5 Å². The average Bonchev–Trinajstić information content (AvgIpc) is 2.73. The quantitative estimate of drug-likeness (QED) is 0.341. The van der Waals surface area contributed by atoms with E-state index in [4.69, 9.17) is 0 Å². The molecular formula is C23H20FN3O3S. The first-order chi connectivity index (χ1) is 14.9. The third kappa shape index (κ3) is 6.68. The molecule has 0 saturated heterocycles. The second kappa shape index (κ2) is 10.4. The number of benzene rings is 3. The lowest BCUT2D eigenvalue weighted by Gasteiger charge is -2.10. The van der Waals surface area contributed by atoms with Crippen LogP contribution < -0.4 is 16.0 Å². The first-order valence-corrected chi connectivity index (χ1v) is 10.4. The van der Waals surface area contributed by atoms with Crippen LogP contribution in [0.15, 0.2) is 77.7 Å². The Morgan fingerprint density at radius 3 is 2.13 bits per heavy atom. The van der Waals surface area contributed by atoms with Gasteiger partial charge in [-0.3, -0.25) is 9.59 Å². The molecule has 6 nitrogen and oxygen atoms in total. The number of Topliss-reactive ketones (excluding diaryl/α,β-unsaturated/α-hetero) is 1. The second-order valence-corrected chi connectivity index (χ2v) is 7.58. The van der Waals surface area contributed by atoms with Gasteiger partial charge < -0.3 is 16.0 Å². The van der Waals surface area contributed by atoms with Gasteiger partial charge in [0.2, 0.25) is 5.91 Å². The Balaban J connectivity index is 1.53. The molecule has 0 saturated carbocycles. The molecule has 0 bridgehead atoms. The molecule has 0 atom stereocenters. The number of para-hydroxylation sites is 1. The third-order valence-electron chi connectivity index (χ3n) is 4.13. The first-order valence-electron chi connectivity index (χ1n) is 9.37. The minimum absolute atomic E-state index is 0.0114. The molecule has 0 radical (unpaired) electrons. The zero-order valence-corrected chi connectivity index (χ0v) is 17.5. The molecule has 0 aliphatic rings. The van der Waals surface area contributed by atoms with E-state index < -0.39 is 11.8 Å². The molecule has 3 amide bonds. The summed E-state index contributed by atoms with van der Waals surface area (Å²) >= 11 is 1.03. The first kappa shape index (κ1) is 22.0. The number of carbonyl (C=O) groups is 3. The van der Waals surface area contributed by atoms with Gasteiger partial charge in [-0.25, -0.2) is 9.18 Å². The van der Waals surface area contributed by atoms with E-state index in [2.05, 4.69) is 16.0 Å². The Morgan fingerprint density at radius 2 is 1.45 bits per heavy atom. The molecule has 3 N–H and O–H groups in total. The van der Waals surface area contributed by atoms with Crippen molar-refractivity contribution in [1.82, 2.24) is 0 Å². The molecule has 0 heterocycles. The molecule has 0 fully saturated rings. The number of ketones is 1. The van der Waals surface area contributed by atoms with Crippen LogP contribution in [0.5, 0.6) is 0 Å². The van der Waals surface area contributed by atoms with Crippen molar-refractivity contribution in [2.24, 2.45) is 0 Å². The van der Waals surface area contributed by atoms with E-state index in [9.17, 15) is 18.8 Å². The fraction of sp³-hybridized carbons (Fsp3) is 0.0870. The molecule has 3 aromatic rings. The van der Waals surface area contributed by atoms with Crippen LogP contribution in [0.2, 0.25) is 0 Å². The van der Waals surface area contributed by atoms with Crippen molar-refractivity contribution in [3.63, 3.8) is 0 Å². The van der Waals surface area contributed by atoms with Gasteiger partial charge in [0.25, 0.3) is 0 Å². The van der Waals surface area contributed by atoms with Crippen molar-refractivity contribution in [1.29, 1.82) is 0 Å². The van der Waals surface area contributed by atoms with Gasteiger partial charge in [0, 0.05) is 27.5 Å². The summed E-state index contributed by atoms with van der Waals surface area (Å²) in [5.41, 5.74) is 1.94. The zero-order chi connectivity index (χ0) is 22.2. The topological polar surface area (TPSA) is 87.3 Å². The number of halogens is 1. The summed E-state index contributed by atoms with van der Waals surface area (Å²) in [5, 5.41) is 8.12. The highest BCUT2D eigenvalue weighted by Crippen LogP contribution is 2.23. The highest BCUT2D eigenvalue weighted by Gasteiger charge is 2.10. The van der Waals surface area contributed by atoms with Crippen LogP contribution in [0.25, 0.3) is 0 Å². The molecule has 8 heteroatoms. The van der Waals surface area contributed by atoms with Gasteiger partial charge in [-0.1, -0.05) is 30.3 Å². The highest BCUT2D eigenvalue weighted by atomic mass is 32.2. The maximum atomic E-state index is 14.1. The summed E-state index contributed by atoms with van der Waals surface area (Å²) in [7, 11) is 0. The number of anilines is 3. The number of nitrogens with one attached hydrogen (secondary N) is 3. The minimum Gasteiger partial charge on any atom is -0.325 e. The summed E-state index contributed by atoms with van der Waals surface area (Å²) in [6, 6.07) is 19.5. The van der Waals surface area contributed by atoms with E-state index >= 15 is 0 Å². The second-order valence-electron chi connectivity index (χ2n) is 6.56. The lowest BCUT2D eigenvalue weighted by atomic mass is 10.1. The van der Waals surface area contributed by atoms with Crippen LogP contribution in [-0.2, 0) is 4.79 Å². The number of carbonyl (C=O) groups excluding carboxylic acids is 3. The fourth-order valence-electron chi connectivity index (χ4n) is 2.67. The lowest BCUT2D eigenvalue weighted by molar-refractivity contribution is -0.113. The normalized spacial score (nSPS) is 10.3. The standard InChI is InChI=1S/C23H20FN3O3S/c1-15(28)16-10-11-21(20(24)12-16)31-14-22(29)25-18-8-5-9-19(13-18)27-23(30)26-17-6-3-2-4-7-17/h2-13H,14H2,1H3,(H,25,29)(H2,26,27,30). The Labute approximate surface area is 183 Å².